The van der Waals surface area contributed by atoms with Crippen molar-refractivity contribution in [3.8, 4) is 28.4 Å². The van der Waals surface area contributed by atoms with E-state index in [1.807, 2.05) is 49.1 Å². The molecule has 2 heterocycles. The van der Waals surface area contributed by atoms with Crippen LogP contribution in [0.3, 0.4) is 0 Å². The minimum Gasteiger partial charge on any atom is -0.497 e. The van der Waals surface area contributed by atoms with Crippen molar-refractivity contribution in [2.75, 3.05) is 27.4 Å². The molecule has 6 heteroatoms. The number of rotatable bonds is 7. The summed E-state index contributed by atoms with van der Waals surface area (Å²) in [6.45, 7) is 7.35. The fraction of sp³-hybridized carbons (Fsp3) is 0.393. The van der Waals surface area contributed by atoms with Gasteiger partial charge in [-0.25, -0.2) is 0 Å². The minimum absolute atomic E-state index is 0.0501. The van der Waals surface area contributed by atoms with Crippen molar-refractivity contribution in [3.05, 3.63) is 48.2 Å². The number of methoxy groups -OCH3 is 2. The van der Waals surface area contributed by atoms with E-state index < -0.39 is 0 Å². The molecule has 1 amide bonds. The van der Waals surface area contributed by atoms with Gasteiger partial charge in [-0.05, 0) is 69.9 Å². The summed E-state index contributed by atoms with van der Waals surface area (Å²) in [6.07, 6.45) is 6.74. The average molecular weight is 464 g/mol. The summed E-state index contributed by atoms with van der Waals surface area (Å²) in [6, 6.07) is 9.88. The molecule has 1 aliphatic heterocycles. The van der Waals surface area contributed by atoms with Crippen molar-refractivity contribution in [1.82, 2.24) is 4.90 Å². The van der Waals surface area contributed by atoms with Gasteiger partial charge in [-0.15, -0.1) is 0 Å². The summed E-state index contributed by atoms with van der Waals surface area (Å²) in [7, 11) is 3.28. The molecule has 6 nitrogen and oxygen atoms in total. The van der Waals surface area contributed by atoms with Crippen molar-refractivity contribution in [1.29, 1.82) is 0 Å². The van der Waals surface area contributed by atoms with E-state index >= 15 is 0 Å². The average Bonchev–Trinajstić information content (AvgIpc) is 3.26. The van der Waals surface area contributed by atoms with E-state index in [-0.39, 0.29) is 11.9 Å². The number of allylic oxidation sites excluding steroid dienone is 1. The van der Waals surface area contributed by atoms with Crippen LogP contribution in [0.15, 0.2) is 47.1 Å². The highest BCUT2D eigenvalue weighted by Gasteiger charge is 2.23. The summed E-state index contributed by atoms with van der Waals surface area (Å²) in [5.41, 5.74) is 4.19. The third-order valence-electron chi connectivity index (χ3n) is 6.52. The number of piperidine rings is 1. The summed E-state index contributed by atoms with van der Waals surface area (Å²) in [4.78, 5) is 15.0. The molecule has 4 rings (SSSR count). The number of hydrogen-bond donors (Lipinski definition) is 0. The number of carbonyl (C=O) groups excluding carboxylic acids is 1. The molecule has 1 aromatic heterocycles. The number of likely N-dealkylation sites (tertiary alicyclic amines) is 1. The molecule has 180 valence electrons. The fourth-order valence-electron chi connectivity index (χ4n) is 4.64. The van der Waals surface area contributed by atoms with Crippen LogP contribution >= 0.6 is 0 Å². The Morgan fingerprint density at radius 1 is 1.12 bits per heavy atom. The second-order valence-electron chi connectivity index (χ2n) is 8.70. The molecule has 0 N–H and O–H groups in total. The Labute approximate surface area is 201 Å². The van der Waals surface area contributed by atoms with Crippen LogP contribution in [0.4, 0.5) is 0 Å². The van der Waals surface area contributed by atoms with E-state index in [0.29, 0.717) is 17.9 Å². The second-order valence-corrected chi connectivity index (χ2v) is 8.70. The van der Waals surface area contributed by atoms with E-state index in [1.165, 1.54) is 6.42 Å². The molecule has 1 unspecified atom stereocenters. The molecule has 1 aliphatic rings. The summed E-state index contributed by atoms with van der Waals surface area (Å²) in [5, 5.41) is 0.913. The first kappa shape index (κ1) is 23.7. The number of hydrogen-bond acceptors (Lipinski definition) is 5. The van der Waals surface area contributed by atoms with Crippen LogP contribution in [-0.2, 0) is 4.79 Å². The van der Waals surface area contributed by atoms with Crippen LogP contribution in [0.25, 0.3) is 27.7 Å². The molecular weight excluding hydrogens is 430 g/mol. The van der Waals surface area contributed by atoms with Gasteiger partial charge in [-0.1, -0.05) is 0 Å². The molecule has 2 aromatic carbocycles. The van der Waals surface area contributed by atoms with Crippen molar-refractivity contribution in [2.45, 2.75) is 46.1 Å². The smallest absolute Gasteiger partial charge is 0.247 e. The molecule has 34 heavy (non-hydrogen) atoms. The topological polar surface area (TPSA) is 61.1 Å². The Bertz CT molecular complexity index is 1210. The van der Waals surface area contributed by atoms with Gasteiger partial charge in [0.2, 0.25) is 5.91 Å². The second kappa shape index (κ2) is 10.2. The lowest BCUT2D eigenvalue weighted by atomic mass is 9.98. The van der Waals surface area contributed by atoms with Gasteiger partial charge in [0.05, 0.1) is 27.1 Å². The van der Waals surface area contributed by atoms with E-state index in [1.54, 1.807) is 26.6 Å². The van der Waals surface area contributed by atoms with Crippen LogP contribution < -0.4 is 14.2 Å². The number of carbonyl (C=O) groups is 1. The molecule has 0 radical (unpaired) electrons. The maximum Gasteiger partial charge on any atom is 0.247 e. The van der Waals surface area contributed by atoms with E-state index in [9.17, 15) is 4.79 Å². The highest BCUT2D eigenvalue weighted by Crippen LogP contribution is 2.41. The quantitative estimate of drug-likeness (QED) is 0.384. The number of nitrogens with zero attached hydrogens (tertiary/aromatic N) is 1. The Balaban J connectivity index is 1.81. The number of amides is 1. The summed E-state index contributed by atoms with van der Waals surface area (Å²) < 4.78 is 22.9. The predicted octanol–water partition coefficient (Wildman–Crippen LogP) is 6.32. The van der Waals surface area contributed by atoms with Crippen LogP contribution in [-0.4, -0.2) is 44.2 Å². The fourth-order valence-corrected chi connectivity index (χ4v) is 4.64. The number of furan rings is 1. The maximum absolute atomic E-state index is 13.1. The van der Waals surface area contributed by atoms with Gasteiger partial charge in [0, 0.05) is 46.8 Å². The van der Waals surface area contributed by atoms with Gasteiger partial charge in [-0.3, -0.25) is 4.79 Å². The largest absolute Gasteiger partial charge is 0.497 e. The third-order valence-corrected chi connectivity index (χ3v) is 6.52. The highest BCUT2D eigenvalue weighted by atomic mass is 16.5. The SMILES string of the molecule is CCOc1cc2occ(-c3cc(OC)ccc3OC)c2cc1/C(C)=C/C(=O)N1CCCCC1C. The van der Waals surface area contributed by atoms with Crippen LogP contribution in [0.5, 0.6) is 17.2 Å². The first-order chi connectivity index (χ1) is 16.5. The standard InChI is InChI=1S/C28H33NO5/c1-6-33-26-16-27-23(24(17-34-27)22-14-20(31-4)10-11-25(22)32-5)15-21(26)18(2)13-28(30)29-12-8-7-9-19(29)3/h10-11,13-17,19H,6-9,12H2,1-5H3/b18-13+. The molecule has 1 fully saturated rings. The van der Waals surface area contributed by atoms with Crippen LogP contribution in [0, 0.1) is 0 Å². The normalized spacial score (nSPS) is 16.6. The van der Waals surface area contributed by atoms with Crippen molar-refractivity contribution < 1.29 is 23.4 Å². The molecule has 3 aromatic rings. The Hall–Kier alpha value is -3.41. The monoisotopic (exact) mass is 463 g/mol. The first-order valence-corrected chi connectivity index (χ1v) is 11.9. The van der Waals surface area contributed by atoms with Gasteiger partial charge < -0.3 is 23.5 Å². The van der Waals surface area contributed by atoms with Gasteiger partial charge in [0.1, 0.15) is 22.8 Å². The van der Waals surface area contributed by atoms with Crippen molar-refractivity contribution >= 4 is 22.4 Å². The first-order valence-electron chi connectivity index (χ1n) is 11.9. The lowest BCUT2D eigenvalue weighted by Crippen LogP contribution is -2.41. The molecular formula is C28H33NO5. The number of benzene rings is 2. The van der Waals surface area contributed by atoms with Crippen LogP contribution in [0.1, 0.15) is 45.6 Å². The molecule has 1 saturated heterocycles. The zero-order chi connectivity index (χ0) is 24.2. The summed E-state index contributed by atoms with van der Waals surface area (Å²) in [5.74, 6) is 2.20. The van der Waals surface area contributed by atoms with Gasteiger partial charge in [0.15, 0.2) is 0 Å². The maximum atomic E-state index is 13.1. The van der Waals surface area contributed by atoms with Gasteiger partial charge in [0.25, 0.3) is 0 Å². The molecule has 0 aliphatic carbocycles. The number of fused-ring (bicyclic) bond motifs is 1. The van der Waals surface area contributed by atoms with Crippen molar-refractivity contribution in [2.24, 2.45) is 0 Å². The van der Waals surface area contributed by atoms with Gasteiger partial charge in [-0.2, -0.15) is 0 Å². The van der Waals surface area contributed by atoms with E-state index in [2.05, 4.69) is 6.92 Å². The number of ether oxygens (including phenoxy) is 3. The highest BCUT2D eigenvalue weighted by molar-refractivity contribution is 6.01. The predicted molar refractivity (Wildman–Crippen MR) is 135 cm³/mol. The third kappa shape index (κ3) is 4.63. The molecule has 1 atom stereocenters. The van der Waals surface area contributed by atoms with Crippen molar-refractivity contribution in [3.63, 3.8) is 0 Å². The van der Waals surface area contributed by atoms with Crippen LogP contribution in [0.2, 0.25) is 0 Å². The zero-order valence-corrected chi connectivity index (χ0v) is 20.6. The lowest BCUT2D eigenvalue weighted by Gasteiger charge is -2.32. The summed E-state index contributed by atoms with van der Waals surface area (Å²) >= 11 is 0. The van der Waals surface area contributed by atoms with E-state index in [0.717, 1.165) is 58.5 Å². The molecule has 0 spiro atoms. The Morgan fingerprint density at radius 3 is 2.65 bits per heavy atom. The molecule has 0 saturated carbocycles. The Kier molecular flexibility index (Phi) is 7.15. The molecule has 0 bridgehead atoms. The zero-order valence-electron chi connectivity index (χ0n) is 20.6. The Morgan fingerprint density at radius 2 is 1.94 bits per heavy atom. The van der Waals surface area contributed by atoms with Gasteiger partial charge >= 0.3 is 0 Å². The van der Waals surface area contributed by atoms with E-state index in [4.69, 9.17) is 18.6 Å². The lowest BCUT2D eigenvalue weighted by molar-refractivity contribution is -0.129. The minimum atomic E-state index is 0.0501.